The van der Waals surface area contributed by atoms with Crippen molar-refractivity contribution in [1.29, 1.82) is 0 Å². The summed E-state index contributed by atoms with van der Waals surface area (Å²) in [6, 6.07) is 0. The summed E-state index contributed by atoms with van der Waals surface area (Å²) < 4.78 is 0. The molecule has 6 nitrogen and oxygen atoms in total. The van der Waals surface area contributed by atoms with Crippen LogP contribution in [-0.4, -0.2) is 31.0 Å². The Bertz CT molecular complexity index is 570. The molecule has 0 bridgehead atoms. The van der Waals surface area contributed by atoms with E-state index >= 15 is 0 Å². The van der Waals surface area contributed by atoms with Crippen molar-refractivity contribution in [2.24, 2.45) is 0 Å². The molecule has 0 spiro atoms. The van der Waals surface area contributed by atoms with Crippen LogP contribution in [0.3, 0.4) is 0 Å². The molecule has 0 aliphatic heterocycles. The van der Waals surface area contributed by atoms with Gasteiger partial charge in [0.25, 0.3) is 0 Å². The molecule has 92 valence electrons. The van der Waals surface area contributed by atoms with E-state index in [1.54, 1.807) is 18.6 Å². The molecule has 18 heavy (non-hydrogen) atoms. The van der Waals surface area contributed by atoms with Crippen LogP contribution in [-0.2, 0) is 0 Å². The van der Waals surface area contributed by atoms with Gasteiger partial charge in [-0.15, -0.1) is 0 Å². The number of carboxylic acid groups (broad SMARTS) is 1. The molecule has 0 saturated heterocycles. The molecular formula is C12H12N4O2. The molecule has 6 heteroatoms. The highest BCUT2D eigenvalue weighted by Gasteiger charge is 2.17. The van der Waals surface area contributed by atoms with E-state index in [9.17, 15) is 4.79 Å². The van der Waals surface area contributed by atoms with Gasteiger partial charge in [0.1, 0.15) is 5.69 Å². The van der Waals surface area contributed by atoms with Crippen molar-refractivity contribution in [3.8, 4) is 11.5 Å². The summed E-state index contributed by atoms with van der Waals surface area (Å²) in [5.74, 6) is -0.643. The lowest BCUT2D eigenvalue weighted by molar-refractivity contribution is 0.0694. The van der Waals surface area contributed by atoms with Gasteiger partial charge in [0.2, 0.25) is 0 Å². The van der Waals surface area contributed by atoms with Crippen LogP contribution in [0, 0.1) is 0 Å². The number of rotatable bonds is 3. The number of nitrogens with zero attached hydrogens (tertiary/aromatic N) is 4. The van der Waals surface area contributed by atoms with Gasteiger partial charge in [-0.3, -0.25) is 4.98 Å². The van der Waals surface area contributed by atoms with Gasteiger partial charge in [-0.2, -0.15) is 0 Å². The highest BCUT2D eigenvalue weighted by Crippen LogP contribution is 2.19. The minimum Gasteiger partial charge on any atom is -0.478 e. The van der Waals surface area contributed by atoms with Crippen molar-refractivity contribution < 1.29 is 9.90 Å². The summed E-state index contributed by atoms with van der Waals surface area (Å²) in [7, 11) is 0. The first-order valence-corrected chi connectivity index (χ1v) is 5.46. The molecule has 0 atom stereocenters. The monoisotopic (exact) mass is 244 g/mol. The molecule has 0 saturated carbocycles. The van der Waals surface area contributed by atoms with Crippen molar-refractivity contribution in [2.75, 3.05) is 0 Å². The van der Waals surface area contributed by atoms with E-state index in [0.717, 1.165) is 0 Å². The van der Waals surface area contributed by atoms with Crippen LogP contribution in [0.5, 0.6) is 0 Å². The fourth-order valence-electron chi connectivity index (χ4n) is 1.54. The lowest BCUT2D eigenvalue weighted by Gasteiger charge is -2.09. The number of carbonyl (C=O) groups is 1. The van der Waals surface area contributed by atoms with Gasteiger partial charge in [0, 0.05) is 18.6 Å². The summed E-state index contributed by atoms with van der Waals surface area (Å²) in [5, 5.41) is 9.07. The van der Waals surface area contributed by atoms with Gasteiger partial charge >= 0.3 is 5.97 Å². The molecule has 0 radical (unpaired) electrons. The molecule has 0 fully saturated rings. The summed E-state index contributed by atoms with van der Waals surface area (Å²) >= 11 is 0. The zero-order valence-corrected chi connectivity index (χ0v) is 10.0. The third-order valence-electron chi connectivity index (χ3n) is 2.39. The van der Waals surface area contributed by atoms with Crippen LogP contribution in [0.15, 0.2) is 24.8 Å². The molecule has 0 aliphatic carbocycles. The quantitative estimate of drug-likeness (QED) is 0.884. The largest absolute Gasteiger partial charge is 0.478 e. The third-order valence-corrected chi connectivity index (χ3v) is 2.39. The van der Waals surface area contributed by atoms with Gasteiger partial charge in [0.05, 0.1) is 17.5 Å². The maximum Gasteiger partial charge on any atom is 0.339 e. The summed E-state index contributed by atoms with van der Waals surface area (Å²) in [6.07, 6.45) is 5.95. The van der Waals surface area contributed by atoms with E-state index in [2.05, 4.69) is 19.9 Å². The Balaban J connectivity index is 2.54. The molecular weight excluding hydrogens is 232 g/mol. The van der Waals surface area contributed by atoms with Gasteiger partial charge in [0.15, 0.2) is 5.82 Å². The van der Waals surface area contributed by atoms with Crippen LogP contribution in [0.1, 0.15) is 35.8 Å². The van der Waals surface area contributed by atoms with Crippen LogP contribution < -0.4 is 0 Å². The van der Waals surface area contributed by atoms with Gasteiger partial charge in [-0.25, -0.2) is 19.7 Å². The topological polar surface area (TPSA) is 88.9 Å². The molecule has 1 N–H and O–H groups in total. The normalized spacial score (nSPS) is 10.6. The van der Waals surface area contributed by atoms with Gasteiger partial charge in [-0.1, -0.05) is 13.8 Å². The maximum absolute atomic E-state index is 11.1. The zero-order valence-electron chi connectivity index (χ0n) is 10.0. The van der Waals surface area contributed by atoms with E-state index in [4.69, 9.17) is 5.11 Å². The van der Waals surface area contributed by atoms with Crippen LogP contribution >= 0.6 is 0 Å². The minimum absolute atomic E-state index is 0.00507. The predicted octanol–water partition coefficient (Wildman–Crippen LogP) is 1.76. The minimum atomic E-state index is -1.02. The number of hydrogen-bond donors (Lipinski definition) is 1. The molecule has 2 rings (SSSR count). The summed E-state index contributed by atoms with van der Waals surface area (Å²) in [5.41, 5.74) is 1.15. The van der Waals surface area contributed by atoms with Crippen molar-refractivity contribution in [2.45, 2.75) is 19.8 Å². The SMILES string of the molecule is CC(C)c1nc(-c2cnccn2)ncc1C(=O)O. The van der Waals surface area contributed by atoms with Crippen molar-refractivity contribution >= 4 is 5.97 Å². The van der Waals surface area contributed by atoms with Crippen molar-refractivity contribution in [3.05, 3.63) is 36.0 Å². The van der Waals surface area contributed by atoms with Gasteiger partial charge in [-0.05, 0) is 5.92 Å². The summed E-state index contributed by atoms with van der Waals surface area (Å²) in [6.45, 7) is 3.77. The van der Waals surface area contributed by atoms with Crippen LogP contribution in [0.2, 0.25) is 0 Å². The average Bonchev–Trinajstić information content (AvgIpc) is 2.39. The smallest absolute Gasteiger partial charge is 0.339 e. The van der Waals surface area contributed by atoms with Crippen LogP contribution in [0.25, 0.3) is 11.5 Å². The van der Waals surface area contributed by atoms with E-state index in [0.29, 0.717) is 17.2 Å². The van der Waals surface area contributed by atoms with Gasteiger partial charge < -0.3 is 5.11 Å². The van der Waals surface area contributed by atoms with E-state index < -0.39 is 5.97 Å². The average molecular weight is 244 g/mol. The zero-order chi connectivity index (χ0) is 13.1. The van der Waals surface area contributed by atoms with E-state index in [1.165, 1.54) is 6.20 Å². The lowest BCUT2D eigenvalue weighted by Crippen LogP contribution is -2.09. The second-order valence-corrected chi connectivity index (χ2v) is 4.04. The second-order valence-electron chi connectivity index (χ2n) is 4.04. The summed E-state index contributed by atoms with van der Waals surface area (Å²) in [4.78, 5) is 27.4. The second kappa shape index (κ2) is 4.87. The first-order chi connectivity index (χ1) is 8.59. The van der Waals surface area contributed by atoms with Crippen molar-refractivity contribution in [3.63, 3.8) is 0 Å². The Morgan fingerprint density at radius 3 is 2.56 bits per heavy atom. The number of aromatic nitrogens is 4. The standard InChI is InChI=1S/C12H12N4O2/c1-7(2)10-8(12(17)18)5-15-11(16-10)9-6-13-3-4-14-9/h3-7H,1-2H3,(H,17,18). The fourth-order valence-corrected chi connectivity index (χ4v) is 1.54. The molecule has 2 heterocycles. The Morgan fingerprint density at radius 1 is 1.22 bits per heavy atom. The predicted molar refractivity (Wildman–Crippen MR) is 64.1 cm³/mol. The third kappa shape index (κ3) is 2.32. The maximum atomic E-state index is 11.1. The Kier molecular flexibility index (Phi) is 3.27. The molecule has 0 unspecified atom stereocenters. The Labute approximate surface area is 104 Å². The fraction of sp³-hybridized carbons (Fsp3) is 0.250. The van der Waals surface area contributed by atoms with Crippen LogP contribution in [0.4, 0.5) is 0 Å². The molecule has 0 aromatic carbocycles. The Hall–Kier alpha value is -2.37. The Morgan fingerprint density at radius 2 is 2.00 bits per heavy atom. The lowest BCUT2D eigenvalue weighted by atomic mass is 10.1. The first kappa shape index (κ1) is 12.1. The number of carboxylic acids is 1. The molecule has 2 aromatic heterocycles. The highest BCUT2D eigenvalue weighted by atomic mass is 16.4. The first-order valence-electron chi connectivity index (χ1n) is 5.46. The highest BCUT2D eigenvalue weighted by molar-refractivity contribution is 5.88. The molecule has 0 amide bonds. The van der Waals surface area contributed by atoms with E-state index in [-0.39, 0.29) is 11.5 Å². The van der Waals surface area contributed by atoms with Crippen molar-refractivity contribution in [1.82, 2.24) is 19.9 Å². The van der Waals surface area contributed by atoms with E-state index in [1.807, 2.05) is 13.8 Å². The number of aromatic carboxylic acids is 1. The number of hydrogen-bond acceptors (Lipinski definition) is 5. The molecule has 0 aliphatic rings. The molecule has 2 aromatic rings.